The summed E-state index contributed by atoms with van der Waals surface area (Å²) in [6.07, 6.45) is 0. The van der Waals surface area contributed by atoms with Crippen molar-refractivity contribution >= 4 is 28.8 Å². The summed E-state index contributed by atoms with van der Waals surface area (Å²) in [6, 6.07) is 21.7. The molecule has 3 aromatic rings. The number of carbonyl (C=O) groups is 2. The van der Waals surface area contributed by atoms with E-state index in [-0.39, 0.29) is 11.7 Å². The number of ketones is 1. The van der Waals surface area contributed by atoms with Crippen molar-refractivity contribution in [2.24, 2.45) is 0 Å². The zero-order valence-electron chi connectivity index (χ0n) is 17.3. The second kappa shape index (κ2) is 9.00. The Morgan fingerprint density at radius 2 is 1.55 bits per heavy atom. The molecule has 1 N–H and O–H groups in total. The van der Waals surface area contributed by atoms with Crippen molar-refractivity contribution in [2.75, 3.05) is 36.4 Å². The minimum absolute atomic E-state index is 0.0499. The van der Waals surface area contributed by atoms with E-state index >= 15 is 0 Å². The van der Waals surface area contributed by atoms with Gasteiger partial charge in [-0.15, -0.1) is 0 Å². The molecule has 1 aliphatic heterocycles. The monoisotopic (exact) mass is 417 g/mol. The summed E-state index contributed by atoms with van der Waals surface area (Å²) in [5.74, 6) is -0.625. The number of hydrogen-bond acceptors (Lipinski definition) is 4. The van der Waals surface area contributed by atoms with Gasteiger partial charge in [0.15, 0.2) is 5.78 Å². The number of halogens is 1. The number of Topliss-reactive ketones (excluding diaryl/α,β-unsaturated/α-hetero) is 1. The van der Waals surface area contributed by atoms with Crippen LogP contribution in [0.1, 0.15) is 27.6 Å². The number of benzene rings is 3. The second-order valence-electron chi connectivity index (χ2n) is 7.54. The first kappa shape index (κ1) is 20.6. The molecule has 1 saturated heterocycles. The first-order chi connectivity index (χ1) is 15.0. The van der Waals surface area contributed by atoms with E-state index in [1.165, 1.54) is 13.0 Å². The SMILES string of the molecule is CC(=O)c1ccc(N2CCN(C(=O)c3ccccc3Nc3ccccc3)CC2)c(F)c1. The van der Waals surface area contributed by atoms with Crippen LogP contribution in [-0.2, 0) is 0 Å². The lowest BCUT2D eigenvalue weighted by Gasteiger charge is -2.36. The first-order valence-corrected chi connectivity index (χ1v) is 10.3. The Bertz CT molecular complexity index is 1090. The maximum Gasteiger partial charge on any atom is 0.256 e. The topological polar surface area (TPSA) is 52.7 Å². The summed E-state index contributed by atoms with van der Waals surface area (Å²) in [6.45, 7) is 3.45. The highest BCUT2D eigenvalue weighted by atomic mass is 19.1. The summed E-state index contributed by atoms with van der Waals surface area (Å²) in [5.41, 5.74) is 3.10. The van der Waals surface area contributed by atoms with E-state index < -0.39 is 5.82 Å². The molecular weight excluding hydrogens is 393 g/mol. The number of carbonyl (C=O) groups excluding carboxylic acids is 2. The molecule has 6 heteroatoms. The third-order valence-corrected chi connectivity index (χ3v) is 5.47. The molecule has 0 bridgehead atoms. The number of para-hydroxylation sites is 2. The fourth-order valence-corrected chi connectivity index (χ4v) is 3.76. The summed E-state index contributed by atoms with van der Waals surface area (Å²) in [7, 11) is 0. The number of nitrogens with zero attached hydrogens (tertiary/aromatic N) is 2. The molecule has 0 aliphatic carbocycles. The molecule has 1 fully saturated rings. The van der Waals surface area contributed by atoms with Crippen molar-refractivity contribution < 1.29 is 14.0 Å². The van der Waals surface area contributed by atoms with Crippen LogP contribution in [-0.4, -0.2) is 42.8 Å². The van der Waals surface area contributed by atoms with Crippen LogP contribution >= 0.6 is 0 Å². The Hall–Kier alpha value is -3.67. The van der Waals surface area contributed by atoms with E-state index in [0.717, 1.165) is 11.4 Å². The molecule has 0 atom stereocenters. The normalized spacial score (nSPS) is 13.7. The molecule has 1 amide bonds. The van der Waals surface area contributed by atoms with Crippen molar-refractivity contribution in [2.45, 2.75) is 6.92 Å². The third kappa shape index (κ3) is 4.58. The van der Waals surface area contributed by atoms with Gasteiger partial charge in [-0.1, -0.05) is 30.3 Å². The molecule has 31 heavy (non-hydrogen) atoms. The predicted molar refractivity (Wildman–Crippen MR) is 121 cm³/mol. The molecule has 0 unspecified atom stereocenters. The van der Waals surface area contributed by atoms with E-state index in [0.29, 0.717) is 43.0 Å². The number of nitrogens with one attached hydrogen (secondary N) is 1. The van der Waals surface area contributed by atoms with Gasteiger partial charge in [-0.2, -0.15) is 0 Å². The quantitative estimate of drug-likeness (QED) is 0.610. The van der Waals surface area contributed by atoms with Gasteiger partial charge in [-0.25, -0.2) is 4.39 Å². The Labute approximate surface area is 181 Å². The fraction of sp³-hybridized carbons (Fsp3) is 0.200. The fourth-order valence-electron chi connectivity index (χ4n) is 3.76. The lowest BCUT2D eigenvalue weighted by Crippen LogP contribution is -2.49. The zero-order valence-corrected chi connectivity index (χ0v) is 17.3. The van der Waals surface area contributed by atoms with Crippen LogP contribution in [0.2, 0.25) is 0 Å². The second-order valence-corrected chi connectivity index (χ2v) is 7.54. The maximum absolute atomic E-state index is 14.5. The molecular formula is C25H24FN3O2. The standard InChI is InChI=1S/C25H24FN3O2/c1-18(30)19-11-12-24(22(26)17-19)28-13-15-29(16-14-28)25(31)21-9-5-6-10-23(21)27-20-7-3-2-4-8-20/h2-12,17,27H,13-16H2,1H3. The van der Waals surface area contributed by atoms with E-state index in [1.807, 2.05) is 59.5 Å². The molecule has 0 spiro atoms. The van der Waals surface area contributed by atoms with Gasteiger partial charge in [-0.3, -0.25) is 9.59 Å². The Kier molecular flexibility index (Phi) is 5.98. The maximum atomic E-state index is 14.5. The van der Waals surface area contributed by atoms with Crippen molar-refractivity contribution in [3.63, 3.8) is 0 Å². The van der Waals surface area contributed by atoms with Crippen LogP contribution in [0, 0.1) is 5.82 Å². The van der Waals surface area contributed by atoms with Gasteiger partial charge in [0.2, 0.25) is 0 Å². The lowest BCUT2D eigenvalue weighted by molar-refractivity contribution is 0.0747. The summed E-state index contributed by atoms with van der Waals surface area (Å²) < 4.78 is 14.5. The van der Waals surface area contributed by atoms with Gasteiger partial charge >= 0.3 is 0 Å². The molecule has 5 nitrogen and oxygen atoms in total. The average molecular weight is 417 g/mol. The lowest BCUT2D eigenvalue weighted by atomic mass is 10.1. The van der Waals surface area contributed by atoms with Crippen LogP contribution in [0.15, 0.2) is 72.8 Å². The molecule has 0 saturated carbocycles. The largest absolute Gasteiger partial charge is 0.366 e. The number of anilines is 3. The number of piperazine rings is 1. The Morgan fingerprint density at radius 1 is 0.871 bits per heavy atom. The van der Waals surface area contributed by atoms with Crippen LogP contribution in [0.5, 0.6) is 0 Å². The zero-order chi connectivity index (χ0) is 21.8. The highest BCUT2D eigenvalue weighted by Crippen LogP contribution is 2.25. The average Bonchev–Trinajstić information content (AvgIpc) is 2.80. The molecule has 3 aromatic carbocycles. The number of amides is 1. The van der Waals surface area contributed by atoms with Gasteiger partial charge in [0.1, 0.15) is 5.82 Å². The van der Waals surface area contributed by atoms with Gasteiger partial charge in [0.25, 0.3) is 5.91 Å². The molecule has 1 heterocycles. The highest BCUT2D eigenvalue weighted by molar-refractivity contribution is 6.00. The Morgan fingerprint density at radius 3 is 2.23 bits per heavy atom. The summed E-state index contributed by atoms with van der Waals surface area (Å²) in [5, 5.41) is 3.31. The first-order valence-electron chi connectivity index (χ1n) is 10.3. The van der Waals surface area contributed by atoms with Crippen molar-refractivity contribution in [3.8, 4) is 0 Å². The van der Waals surface area contributed by atoms with Crippen LogP contribution in [0.4, 0.5) is 21.5 Å². The summed E-state index contributed by atoms with van der Waals surface area (Å²) in [4.78, 5) is 28.4. The summed E-state index contributed by atoms with van der Waals surface area (Å²) >= 11 is 0. The van der Waals surface area contributed by atoms with Gasteiger partial charge < -0.3 is 15.1 Å². The molecule has 1 aliphatic rings. The van der Waals surface area contributed by atoms with E-state index in [2.05, 4.69) is 5.32 Å². The molecule has 158 valence electrons. The predicted octanol–water partition coefficient (Wildman–Crippen LogP) is 4.73. The van der Waals surface area contributed by atoms with Crippen molar-refractivity contribution in [3.05, 3.63) is 89.7 Å². The molecule has 4 rings (SSSR count). The van der Waals surface area contributed by atoms with Crippen LogP contribution in [0.3, 0.4) is 0 Å². The van der Waals surface area contributed by atoms with Crippen LogP contribution < -0.4 is 10.2 Å². The minimum Gasteiger partial charge on any atom is -0.366 e. The third-order valence-electron chi connectivity index (χ3n) is 5.47. The number of hydrogen-bond donors (Lipinski definition) is 1. The molecule has 0 radical (unpaired) electrons. The number of rotatable bonds is 5. The van der Waals surface area contributed by atoms with E-state index in [4.69, 9.17) is 0 Å². The molecule has 0 aromatic heterocycles. The highest BCUT2D eigenvalue weighted by Gasteiger charge is 2.25. The van der Waals surface area contributed by atoms with E-state index in [9.17, 15) is 14.0 Å². The van der Waals surface area contributed by atoms with Crippen LogP contribution in [0.25, 0.3) is 0 Å². The van der Waals surface area contributed by atoms with Gasteiger partial charge in [0.05, 0.1) is 16.9 Å². The van der Waals surface area contributed by atoms with E-state index in [1.54, 1.807) is 17.0 Å². The van der Waals surface area contributed by atoms with Gasteiger partial charge in [0, 0.05) is 37.4 Å². The van der Waals surface area contributed by atoms with Gasteiger partial charge in [-0.05, 0) is 49.4 Å². The minimum atomic E-state index is -0.412. The Balaban J connectivity index is 1.45. The van der Waals surface area contributed by atoms with Crippen molar-refractivity contribution in [1.29, 1.82) is 0 Å². The van der Waals surface area contributed by atoms with Crippen molar-refractivity contribution in [1.82, 2.24) is 4.90 Å². The smallest absolute Gasteiger partial charge is 0.256 e.